The SMILES string of the molecule is C[C@H](Nc1ccc([N+](=O)[O-])cc1[N+](=O)[O-])[C@H]1C[C@H]2CC[C@H]1C2. The summed E-state index contributed by atoms with van der Waals surface area (Å²) < 4.78 is 0. The minimum Gasteiger partial charge on any atom is -0.377 e. The van der Waals surface area contributed by atoms with E-state index in [9.17, 15) is 20.2 Å². The van der Waals surface area contributed by atoms with Crippen molar-refractivity contribution in [1.82, 2.24) is 0 Å². The van der Waals surface area contributed by atoms with Crippen LogP contribution in [0.5, 0.6) is 0 Å². The van der Waals surface area contributed by atoms with Gasteiger partial charge in [0.15, 0.2) is 0 Å². The predicted molar refractivity (Wildman–Crippen MR) is 81.8 cm³/mol. The highest BCUT2D eigenvalue weighted by Crippen LogP contribution is 2.50. The maximum Gasteiger partial charge on any atom is 0.299 e. The first-order valence-electron chi connectivity index (χ1n) is 7.65. The van der Waals surface area contributed by atoms with E-state index in [0.29, 0.717) is 17.5 Å². The number of nitrogens with one attached hydrogen (secondary N) is 1. The van der Waals surface area contributed by atoms with Crippen molar-refractivity contribution >= 4 is 17.1 Å². The molecule has 0 radical (unpaired) electrons. The van der Waals surface area contributed by atoms with Crippen LogP contribution >= 0.6 is 0 Å². The average molecular weight is 305 g/mol. The molecule has 0 spiro atoms. The summed E-state index contributed by atoms with van der Waals surface area (Å²) in [7, 11) is 0. The molecule has 118 valence electrons. The molecule has 0 saturated heterocycles. The summed E-state index contributed by atoms with van der Waals surface area (Å²) in [6.07, 6.45) is 5.02. The number of fused-ring (bicyclic) bond motifs is 2. The summed E-state index contributed by atoms with van der Waals surface area (Å²) in [5.74, 6) is 2.06. The van der Waals surface area contributed by atoms with Crippen molar-refractivity contribution < 1.29 is 9.85 Å². The summed E-state index contributed by atoms with van der Waals surface area (Å²) in [5, 5.41) is 25.2. The van der Waals surface area contributed by atoms with Crippen molar-refractivity contribution in [3.63, 3.8) is 0 Å². The molecule has 0 unspecified atom stereocenters. The van der Waals surface area contributed by atoms with Gasteiger partial charge >= 0.3 is 0 Å². The Hall–Kier alpha value is -2.18. The van der Waals surface area contributed by atoms with Crippen LogP contribution in [-0.4, -0.2) is 15.9 Å². The van der Waals surface area contributed by atoms with Gasteiger partial charge in [-0.3, -0.25) is 20.2 Å². The zero-order valence-corrected chi connectivity index (χ0v) is 12.4. The monoisotopic (exact) mass is 305 g/mol. The van der Waals surface area contributed by atoms with E-state index in [1.807, 2.05) is 0 Å². The molecule has 2 fully saturated rings. The lowest BCUT2D eigenvalue weighted by atomic mass is 9.84. The van der Waals surface area contributed by atoms with Gasteiger partial charge in [0.05, 0.1) is 15.9 Å². The molecule has 0 aliphatic heterocycles. The van der Waals surface area contributed by atoms with E-state index in [4.69, 9.17) is 0 Å². The summed E-state index contributed by atoms with van der Waals surface area (Å²) in [4.78, 5) is 20.8. The second kappa shape index (κ2) is 5.55. The largest absolute Gasteiger partial charge is 0.377 e. The average Bonchev–Trinajstić information content (AvgIpc) is 3.09. The molecule has 2 aliphatic rings. The number of anilines is 1. The lowest BCUT2D eigenvalue weighted by Gasteiger charge is -2.29. The Balaban J connectivity index is 1.79. The third-order valence-electron chi connectivity index (χ3n) is 5.21. The van der Waals surface area contributed by atoms with Crippen LogP contribution in [0.2, 0.25) is 0 Å². The summed E-state index contributed by atoms with van der Waals surface area (Å²) in [6, 6.07) is 3.91. The first-order valence-corrected chi connectivity index (χ1v) is 7.65. The number of nitrogens with zero attached hydrogens (tertiary/aromatic N) is 2. The minimum atomic E-state index is -0.615. The number of hydrogen-bond acceptors (Lipinski definition) is 5. The molecule has 7 nitrogen and oxygen atoms in total. The van der Waals surface area contributed by atoms with Crippen LogP contribution in [0.4, 0.5) is 17.1 Å². The topological polar surface area (TPSA) is 98.3 Å². The van der Waals surface area contributed by atoms with Gasteiger partial charge < -0.3 is 5.32 Å². The van der Waals surface area contributed by atoms with Crippen molar-refractivity contribution in [2.45, 2.75) is 38.6 Å². The fraction of sp³-hybridized carbons (Fsp3) is 0.600. The van der Waals surface area contributed by atoms with E-state index in [-0.39, 0.29) is 17.4 Å². The molecule has 4 atom stereocenters. The minimum absolute atomic E-state index is 0.135. The van der Waals surface area contributed by atoms with Crippen LogP contribution in [0.25, 0.3) is 0 Å². The van der Waals surface area contributed by atoms with Crippen molar-refractivity contribution in [2.75, 3.05) is 5.32 Å². The van der Waals surface area contributed by atoms with E-state index >= 15 is 0 Å². The van der Waals surface area contributed by atoms with Crippen molar-refractivity contribution in [3.05, 3.63) is 38.4 Å². The first-order chi connectivity index (χ1) is 10.5. The Bertz CT molecular complexity index is 619. The molecule has 0 aromatic heterocycles. The maximum absolute atomic E-state index is 11.2. The molecule has 0 heterocycles. The van der Waals surface area contributed by atoms with Crippen LogP contribution in [-0.2, 0) is 0 Å². The van der Waals surface area contributed by atoms with Gasteiger partial charge in [-0.2, -0.15) is 0 Å². The zero-order chi connectivity index (χ0) is 15.9. The Labute approximate surface area is 128 Å². The Morgan fingerprint density at radius 1 is 1.18 bits per heavy atom. The highest BCUT2D eigenvalue weighted by Gasteiger charge is 2.42. The Morgan fingerprint density at radius 2 is 1.95 bits per heavy atom. The fourth-order valence-corrected chi connectivity index (χ4v) is 4.17. The molecule has 2 bridgehead atoms. The second-order valence-corrected chi connectivity index (χ2v) is 6.49. The van der Waals surface area contributed by atoms with Gasteiger partial charge in [-0.1, -0.05) is 6.42 Å². The number of nitro benzene ring substituents is 2. The normalized spacial score (nSPS) is 27.6. The third-order valence-corrected chi connectivity index (χ3v) is 5.21. The smallest absolute Gasteiger partial charge is 0.299 e. The lowest BCUT2D eigenvalue weighted by molar-refractivity contribution is -0.393. The number of nitro groups is 2. The number of benzene rings is 1. The first kappa shape index (κ1) is 14.7. The Morgan fingerprint density at radius 3 is 2.50 bits per heavy atom. The number of rotatable bonds is 5. The predicted octanol–water partition coefficient (Wildman–Crippen LogP) is 3.74. The van der Waals surface area contributed by atoms with E-state index in [2.05, 4.69) is 12.2 Å². The van der Waals surface area contributed by atoms with Crippen molar-refractivity contribution in [1.29, 1.82) is 0 Å². The van der Waals surface area contributed by atoms with E-state index in [1.54, 1.807) is 0 Å². The van der Waals surface area contributed by atoms with Crippen molar-refractivity contribution in [3.8, 4) is 0 Å². The van der Waals surface area contributed by atoms with Gasteiger partial charge in [0.1, 0.15) is 5.69 Å². The van der Waals surface area contributed by atoms with Crippen LogP contribution in [0.3, 0.4) is 0 Å². The molecule has 3 rings (SSSR count). The van der Waals surface area contributed by atoms with E-state index in [0.717, 1.165) is 12.0 Å². The second-order valence-electron chi connectivity index (χ2n) is 6.49. The molecule has 2 aliphatic carbocycles. The highest BCUT2D eigenvalue weighted by molar-refractivity contribution is 5.65. The highest BCUT2D eigenvalue weighted by atomic mass is 16.6. The lowest BCUT2D eigenvalue weighted by Crippen LogP contribution is -2.30. The van der Waals surface area contributed by atoms with Gasteiger partial charge in [0.25, 0.3) is 11.4 Å². The molecular formula is C15H19N3O4. The van der Waals surface area contributed by atoms with Gasteiger partial charge in [0.2, 0.25) is 0 Å². The molecular weight excluding hydrogens is 286 g/mol. The summed E-state index contributed by atoms with van der Waals surface area (Å²) in [5.41, 5.74) is -0.125. The van der Waals surface area contributed by atoms with Gasteiger partial charge in [-0.05, 0) is 50.0 Å². The van der Waals surface area contributed by atoms with Crippen LogP contribution in [0.1, 0.15) is 32.6 Å². The Kier molecular flexibility index (Phi) is 3.72. The fourth-order valence-electron chi connectivity index (χ4n) is 4.17. The quantitative estimate of drug-likeness (QED) is 0.660. The molecule has 1 N–H and O–H groups in total. The molecule has 0 amide bonds. The number of hydrogen-bond donors (Lipinski definition) is 1. The van der Waals surface area contributed by atoms with Crippen LogP contribution in [0.15, 0.2) is 18.2 Å². The van der Waals surface area contributed by atoms with Crippen LogP contribution in [0, 0.1) is 38.0 Å². The van der Waals surface area contributed by atoms with E-state index in [1.165, 1.54) is 37.8 Å². The van der Waals surface area contributed by atoms with E-state index < -0.39 is 9.85 Å². The standard InChI is InChI=1S/C15H19N3O4/c1-9(13-7-10-2-3-11(13)6-10)16-14-5-4-12(17(19)20)8-15(14)18(21)22/h4-5,8-11,13,16H,2-3,6-7H2,1H3/t9-,10-,11-,13+/m0/s1. The zero-order valence-electron chi connectivity index (χ0n) is 12.4. The van der Waals surface area contributed by atoms with Gasteiger partial charge in [-0.15, -0.1) is 0 Å². The summed E-state index contributed by atoms with van der Waals surface area (Å²) in [6.45, 7) is 2.05. The third kappa shape index (κ3) is 2.63. The molecule has 2 saturated carbocycles. The van der Waals surface area contributed by atoms with Gasteiger partial charge in [0, 0.05) is 12.1 Å². The maximum atomic E-state index is 11.2. The van der Waals surface area contributed by atoms with Gasteiger partial charge in [-0.25, -0.2) is 0 Å². The molecule has 7 heteroatoms. The molecule has 1 aromatic rings. The summed E-state index contributed by atoms with van der Waals surface area (Å²) >= 11 is 0. The van der Waals surface area contributed by atoms with Crippen molar-refractivity contribution in [2.24, 2.45) is 17.8 Å². The van der Waals surface area contributed by atoms with Crippen LogP contribution < -0.4 is 5.32 Å². The molecule has 22 heavy (non-hydrogen) atoms. The molecule has 1 aromatic carbocycles. The number of non-ortho nitro benzene ring substituents is 1.